The van der Waals surface area contributed by atoms with Gasteiger partial charge in [-0.1, -0.05) is 6.42 Å². The van der Waals surface area contributed by atoms with Gasteiger partial charge < -0.3 is 10.2 Å². The first kappa shape index (κ1) is 13.1. The molecule has 0 bridgehead atoms. The largest absolute Gasteiger partial charge is 0.340 e. The molecule has 1 saturated heterocycles. The summed E-state index contributed by atoms with van der Waals surface area (Å²) in [5.41, 5.74) is 0.647. The minimum atomic E-state index is 0.0470. The van der Waals surface area contributed by atoms with E-state index >= 15 is 0 Å². The van der Waals surface area contributed by atoms with Crippen LogP contribution < -0.4 is 5.32 Å². The van der Waals surface area contributed by atoms with Gasteiger partial charge in [0.1, 0.15) is 5.69 Å². The molecule has 2 heterocycles. The highest BCUT2D eigenvalue weighted by Gasteiger charge is 2.17. The van der Waals surface area contributed by atoms with E-state index in [1.54, 1.807) is 28.9 Å². The number of piperidine rings is 1. The first-order valence-electron chi connectivity index (χ1n) is 6.65. The third-order valence-electron chi connectivity index (χ3n) is 3.61. The van der Waals surface area contributed by atoms with Crippen molar-refractivity contribution in [1.82, 2.24) is 20.0 Å². The van der Waals surface area contributed by atoms with Gasteiger partial charge in [-0.25, -0.2) is 0 Å². The lowest BCUT2D eigenvalue weighted by molar-refractivity contribution is 0.0777. The molecule has 5 heteroatoms. The summed E-state index contributed by atoms with van der Waals surface area (Å²) in [4.78, 5) is 13.9. The van der Waals surface area contributed by atoms with Crippen LogP contribution in [0.15, 0.2) is 12.3 Å². The standard InChI is InChI=1S/C13H22N4O/c1-16(10-7-11-5-3-4-8-14-11)13(18)12-6-9-15-17(12)2/h6,9,11,14H,3-5,7-8,10H2,1-2H3. The van der Waals surface area contributed by atoms with Crippen LogP contribution in [0, 0.1) is 0 Å². The van der Waals surface area contributed by atoms with Gasteiger partial charge in [0.05, 0.1) is 0 Å². The van der Waals surface area contributed by atoms with E-state index in [0.717, 1.165) is 19.5 Å². The summed E-state index contributed by atoms with van der Waals surface area (Å²) in [7, 11) is 3.65. The maximum absolute atomic E-state index is 12.1. The summed E-state index contributed by atoms with van der Waals surface area (Å²) in [6.45, 7) is 1.91. The predicted octanol–water partition coefficient (Wildman–Crippen LogP) is 1.02. The molecule has 5 nitrogen and oxygen atoms in total. The van der Waals surface area contributed by atoms with E-state index in [1.807, 2.05) is 7.05 Å². The van der Waals surface area contributed by atoms with E-state index in [2.05, 4.69) is 10.4 Å². The van der Waals surface area contributed by atoms with Crippen LogP contribution in [0.2, 0.25) is 0 Å². The van der Waals surface area contributed by atoms with Crippen molar-refractivity contribution in [3.8, 4) is 0 Å². The molecule has 0 aliphatic carbocycles. The fraction of sp³-hybridized carbons (Fsp3) is 0.692. The number of hydrogen-bond donors (Lipinski definition) is 1. The Balaban J connectivity index is 1.82. The summed E-state index contributed by atoms with van der Waals surface area (Å²) in [6, 6.07) is 2.33. The number of carbonyl (C=O) groups excluding carboxylic acids is 1. The maximum atomic E-state index is 12.1. The molecule has 1 aliphatic heterocycles. The van der Waals surface area contributed by atoms with Crippen LogP contribution in [0.4, 0.5) is 0 Å². The molecule has 1 atom stereocenters. The first-order valence-corrected chi connectivity index (χ1v) is 6.65. The van der Waals surface area contributed by atoms with Gasteiger partial charge in [-0.05, 0) is 31.9 Å². The minimum absolute atomic E-state index is 0.0470. The molecule has 0 spiro atoms. The number of carbonyl (C=O) groups is 1. The number of nitrogens with one attached hydrogen (secondary N) is 1. The van der Waals surface area contributed by atoms with Crippen molar-refractivity contribution < 1.29 is 4.79 Å². The summed E-state index contributed by atoms with van der Waals surface area (Å²) in [5, 5.41) is 7.53. The van der Waals surface area contributed by atoms with Gasteiger partial charge in [-0.15, -0.1) is 0 Å². The third kappa shape index (κ3) is 3.10. The molecule has 1 amide bonds. The van der Waals surface area contributed by atoms with Crippen molar-refractivity contribution in [3.05, 3.63) is 18.0 Å². The third-order valence-corrected chi connectivity index (χ3v) is 3.61. The fourth-order valence-electron chi connectivity index (χ4n) is 2.40. The summed E-state index contributed by atoms with van der Waals surface area (Å²) < 4.78 is 1.62. The van der Waals surface area contributed by atoms with E-state index in [4.69, 9.17) is 0 Å². The highest BCUT2D eigenvalue weighted by atomic mass is 16.2. The van der Waals surface area contributed by atoms with Crippen LogP contribution in [0.5, 0.6) is 0 Å². The van der Waals surface area contributed by atoms with Crippen LogP contribution in [0.25, 0.3) is 0 Å². The van der Waals surface area contributed by atoms with E-state index in [0.29, 0.717) is 11.7 Å². The fourth-order valence-corrected chi connectivity index (χ4v) is 2.40. The van der Waals surface area contributed by atoms with Crippen molar-refractivity contribution in [1.29, 1.82) is 0 Å². The predicted molar refractivity (Wildman–Crippen MR) is 70.4 cm³/mol. The Hall–Kier alpha value is -1.36. The number of hydrogen-bond acceptors (Lipinski definition) is 3. The van der Waals surface area contributed by atoms with Crippen LogP contribution >= 0.6 is 0 Å². The van der Waals surface area contributed by atoms with Gasteiger partial charge in [0, 0.05) is 32.9 Å². The molecule has 1 aromatic rings. The number of aromatic nitrogens is 2. The molecule has 1 N–H and O–H groups in total. The molecule has 0 radical (unpaired) electrons. The topological polar surface area (TPSA) is 50.2 Å². The first-order chi connectivity index (χ1) is 8.68. The molecule has 2 rings (SSSR count). The lowest BCUT2D eigenvalue weighted by Gasteiger charge is -2.26. The van der Waals surface area contributed by atoms with Gasteiger partial charge in [-0.3, -0.25) is 9.48 Å². The van der Waals surface area contributed by atoms with Gasteiger partial charge in [0.2, 0.25) is 0 Å². The summed E-state index contributed by atoms with van der Waals surface area (Å²) in [6.07, 6.45) is 6.49. The highest BCUT2D eigenvalue weighted by Crippen LogP contribution is 2.11. The summed E-state index contributed by atoms with van der Waals surface area (Å²) >= 11 is 0. The Morgan fingerprint density at radius 3 is 3.06 bits per heavy atom. The smallest absolute Gasteiger partial charge is 0.271 e. The molecule has 100 valence electrons. The van der Waals surface area contributed by atoms with Crippen LogP contribution in [0.1, 0.15) is 36.2 Å². The van der Waals surface area contributed by atoms with Gasteiger partial charge in [0.15, 0.2) is 0 Å². The normalized spacial score (nSPS) is 19.8. The number of amides is 1. The van der Waals surface area contributed by atoms with Gasteiger partial charge in [0.25, 0.3) is 5.91 Å². The lowest BCUT2D eigenvalue weighted by Crippen LogP contribution is -2.38. The monoisotopic (exact) mass is 250 g/mol. The minimum Gasteiger partial charge on any atom is -0.340 e. The Morgan fingerprint density at radius 1 is 1.61 bits per heavy atom. The van der Waals surface area contributed by atoms with Crippen LogP contribution in [-0.4, -0.2) is 46.8 Å². The average Bonchev–Trinajstić information content (AvgIpc) is 2.82. The highest BCUT2D eigenvalue weighted by molar-refractivity contribution is 5.92. The van der Waals surface area contributed by atoms with Gasteiger partial charge >= 0.3 is 0 Å². The quantitative estimate of drug-likeness (QED) is 0.868. The molecular weight excluding hydrogens is 228 g/mol. The van der Waals surface area contributed by atoms with Crippen molar-refractivity contribution >= 4 is 5.91 Å². The van der Waals surface area contributed by atoms with Crippen LogP contribution in [0.3, 0.4) is 0 Å². The van der Waals surface area contributed by atoms with E-state index in [-0.39, 0.29) is 5.91 Å². The molecule has 1 aliphatic rings. The zero-order valence-electron chi connectivity index (χ0n) is 11.2. The Morgan fingerprint density at radius 2 is 2.44 bits per heavy atom. The molecule has 1 unspecified atom stereocenters. The number of nitrogens with zero attached hydrogens (tertiary/aromatic N) is 3. The van der Waals surface area contributed by atoms with Crippen molar-refractivity contribution in [2.45, 2.75) is 31.7 Å². The van der Waals surface area contributed by atoms with E-state index < -0.39 is 0 Å². The second-order valence-electron chi connectivity index (χ2n) is 5.00. The van der Waals surface area contributed by atoms with Crippen molar-refractivity contribution in [2.24, 2.45) is 7.05 Å². The Bertz CT molecular complexity index is 395. The molecule has 0 saturated carbocycles. The molecular formula is C13H22N4O. The Kier molecular flexibility index (Phi) is 4.36. The number of rotatable bonds is 4. The van der Waals surface area contributed by atoms with Crippen molar-refractivity contribution in [2.75, 3.05) is 20.1 Å². The van der Waals surface area contributed by atoms with E-state index in [1.165, 1.54) is 19.3 Å². The molecule has 1 aromatic heterocycles. The zero-order valence-corrected chi connectivity index (χ0v) is 11.2. The maximum Gasteiger partial charge on any atom is 0.271 e. The average molecular weight is 250 g/mol. The lowest BCUT2D eigenvalue weighted by atomic mass is 10.0. The Labute approximate surface area is 108 Å². The van der Waals surface area contributed by atoms with Gasteiger partial charge in [-0.2, -0.15) is 5.10 Å². The second-order valence-corrected chi connectivity index (χ2v) is 5.00. The summed E-state index contributed by atoms with van der Waals surface area (Å²) in [5.74, 6) is 0.0470. The zero-order chi connectivity index (χ0) is 13.0. The molecule has 18 heavy (non-hydrogen) atoms. The van der Waals surface area contributed by atoms with E-state index in [9.17, 15) is 4.79 Å². The molecule has 0 aromatic carbocycles. The molecule has 1 fully saturated rings. The SMILES string of the molecule is CN(CCC1CCCCN1)C(=O)c1ccnn1C. The van der Waals surface area contributed by atoms with Crippen LogP contribution in [-0.2, 0) is 7.05 Å². The van der Waals surface area contributed by atoms with Crippen molar-refractivity contribution in [3.63, 3.8) is 0 Å². The number of aryl methyl sites for hydroxylation is 1. The second kappa shape index (κ2) is 6.00.